The van der Waals surface area contributed by atoms with Crippen LogP contribution >= 0.6 is 11.8 Å². The summed E-state index contributed by atoms with van der Waals surface area (Å²) in [6, 6.07) is 6.36. The van der Waals surface area contributed by atoms with E-state index in [1.165, 1.54) is 17.7 Å². The molecule has 108 valence electrons. The molecule has 0 saturated carbocycles. The molecule has 0 amide bonds. The first-order chi connectivity index (χ1) is 9.26. The number of hydrogen-bond acceptors (Lipinski definition) is 4. The Morgan fingerprint density at radius 2 is 2.00 bits per heavy atom. The van der Waals surface area contributed by atoms with Crippen LogP contribution in [-0.2, 0) is 0 Å². The summed E-state index contributed by atoms with van der Waals surface area (Å²) >= 11 is 1.98. The van der Waals surface area contributed by atoms with Crippen molar-refractivity contribution >= 4 is 11.8 Å². The first-order valence-electron chi connectivity index (χ1n) is 6.79. The lowest BCUT2D eigenvalue weighted by molar-refractivity contribution is 0.386. The average molecular weight is 283 g/mol. The second-order valence-corrected chi connectivity index (χ2v) is 5.44. The number of rotatable bonds is 9. The highest BCUT2D eigenvalue weighted by molar-refractivity contribution is 7.99. The van der Waals surface area contributed by atoms with Gasteiger partial charge in [0.2, 0.25) is 0 Å². The summed E-state index contributed by atoms with van der Waals surface area (Å²) in [4.78, 5) is 0. The fourth-order valence-corrected chi connectivity index (χ4v) is 2.95. The second kappa shape index (κ2) is 9.10. The molecule has 0 radical (unpaired) electrons. The molecule has 1 N–H and O–H groups in total. The molecule has 4 heteroatoms. The van der Waals surface area contributed by atoms with Crippen LogP contribution in [0.3, 0.4) is 0 Å². The SMILES string of the molecule is CCCSCC(NCC)c1ccc(OC)cc1OC. The average Bonchev–Trinajstić information content (AvgIpc) is 2.46. The fraction of sp³-hybridized carbons (Fsp3) is 0.600. The van der Waals surface area contributed by atoms with Crippen molar-refractivity contribution in [1.82, 2.24) is 5.32 Å². The molecule has 1 aromatic rings. The molecule has 0 aliphatic carbocycles. The standard InChI is InChI=1S/C15H25NO2S/c1-5-9-19-11-14(16-6-2)13-8-7-12(17-3)10-15(13)18-4/h7-8,10,14,16H,5-6,9,11H2,1-4H3. The van der Waals surface area contributed by atoms with E-state index in [1.807, 2.05) is 23.9 Å². The molecule has 0 spiro atoms. The van der Waals surface area contributed by atoms with Gasteiger partial charge in [-0.3, -0.25) is 0 Å². The summed E-state index contributed by atoms with van der Waals surface area (Å²) in [6.07, 6.45) is 1.21. The van der Waals surface area contributed by atoms with Crippen LogP contribution in [0.25, 0.3) is 0 Å². The highest BCUT2D eigenvalue weighted by Gasteiger charge is 2.15. The molecule has 0 aromatic heterocycles. The Morgan fingerprint density at radius 3 is 2.58 bits per heavy atom. The van der Waals surface area contributed by atoms with E-state index in [-0.39, 0.29) is 0 Å². The molecule has 1 atom stereocenters. The van der Waals surface area contributed by atoms with E-state index in [4.69, 9.17) is 9.47 Å². The Labute approximate surface area is 121 Å². The van der Waals surface area contributed by atoms with Crippen LogP contribution in [0.4, 0.5) is 0 Å². The summed E-state index contributed by atoms with van der Waals surface area (Å²) in [7, 11) is 3.38. The van der Waals surface area contributed by atoms with Gasteiger partial charge in [0, 0.05) is 23.4 Å². The fourth-order valence-electron chi connectivity index (χ4n) is 1.96. The van der Waals surface area contributed by atoms with Gasteiger partial charge >= 0.3 is 0 Å². The van der Waals surface area contributed by atoms with Crippen LogP contribution in [0.1, 0.15) is 31.9 Å². The predicted octanol–water partition coefficient (Wildman–Crippen LogP) is 3.50. The Hall–Kier alpha value is -0.870. The van der Waals surface area contributed by atoms with Gasteiger partial charge in [-0.1, -0.05) is 19.9 Å². The number of methoxy groups -OCH3 is 2. The smallest absolute Gasteiger partial charge is 0.127 e. The van der Waals surface area contributed by atoms with Gasteiger partial charge in [0.15, 0.2) is 0 Å². The first kappa shape index (κ1) is 16.2. The van der Waals surface area contributed by atoms with Crippen molar-refractivity contribution < 1.29 is 9.47 Å². The Kier molecular flexibility index (Phi) is 7.75. The Morgan fingerprint density at radius 1 is 1.21 bits per heavy atom. The lowest BCUT2D eigenvalue weighted by Crippen LogP contribution is -2.23. The zero-order chi connectivity index (χ0) is 14.1. The maximum atomic E-state index is 5.49. The van der Waals surface area contributed by atoms with E-state index >= 15 is 0 Å². The van der Waals surface area contributed by atoms with Crippen molar-refractivity contribution in [3.05, 3.63) is 23.8 Å². The van der Waals surface area contributed by atoms with Crippen molar-refractivity contribution in [2.24, 2.45) is 0 Å². The largest absolute Gasteiger partial charge is 0.497 e. The molecule has 19 heavy (non-hydrogen) atoms. The van der Waals surface area contributed by atoms with Crippen molar-refractivity contribution in [3.63, 3.8) is 0 Å². The predicted molar refractivity (Wildman–Crippen MR) is 83.6 cm³/mol. The first-order valence-corrected chi connectivity index (χ1v) is 7.95. The molecule has 0 aliphatic rings. The molecule has 1 aromatic carbocycles. The number of ether oxygens (including phenoxy) is 2. The molecular formula is C15H25NO2S. The van der Waals surface area contributed by atoms with E-state index in [2.05, 4.69) is 25.2 Å². The van der Waals surface area contributed by atoms with E-state index in [0.717, 1.165) is 23.8 Å². The zero-order valence-electron chi connectivity index (χ0n) is 12.4. The van der Waals surface area contributed by atoms with Gasteiger partial charge < -0.3 is 14.8 Å². The molecule has 0 aliphatic heterocycles. The number of thioether (sulfide) groups is 1. The molecule has 1 unspecified atom stereocenters. The molecule has 0 bridgehead atoms. The lowest BCUT2D eigenvalue weighted by atomic mass is 10.1. The third-order valence-electron chi connectivity index (χ3n) is 2.90. The summed E-state index contributed by atoms with van der Waals surface area (Å²) in [6.45, 7) is 5.29. The third-order valence-corrected chi connectivity index (χ3v) is 4.17. The van der Waals surface area contributed by atoms with Gasteiger partial charge in [-0.25, -0.2) is 0 Å². The summed E-state index contributed by atoms with van der Waals surface area (Å²) in [5.74, 6) is 3.98. The Bertz CT molecular complexity index is 371. The normalized spacial score (nSPS) is 12.2. The minimum absolute atomic E-state index is 0.322. The minimum Gasteiger partial charge on any atom is -0.497 e. The highest BCUT2D eigenvalue weighted by Crippen LogP contribution is 2.31. The maximum absolute atomic E-state index is 5.49. The van der Waals surface area contributed by atoms with Crippen LogP contribution in [0.15, 0.2) is 18.2 Å². The van der Waals surface area contributed by atoms with Crippen molar-refractivity contribution in [2.45, 2.75) is 26.3 Å². The zero-order valence-corrected chi connectivity index (χ0v) is 13.2. The monoisotopic (exact) mass is 283 g/mol. The number of nitrogens with one attached hydrogen (secondary N) is 1. The van der Waals surface area contributed by atoms with Gasteiger partial charge in [0.1, 0.15) is 11.5 Å². The van der Waals surface area contributed by atoms with Gasteiger partial charge in [-0.2, -0.15) is 11.8 Å². The van der Waals surface area contributed by atoms with Crippen LogP contribution < -0.4 is 14.8 Å². The molecule has 0 fully saturated rings. The molecule has 3 nitrogen and oxygen atoms in total. The van der Waals surface area contributed by atoms with Gasteiger partial charge in [0.05, 0.1) is 14.2 Å². The van der Waals surface area contributed by atoms with Gasteiger partial charge in [-0.05, 0) is 24.8 Å². The van der Waals surface area contributed by atoms with Crippen LogP contribution in [0, 0.1) is 0 Å². The molecule has 1 rings (SSSR count). The van der Waals surface area contributed by atoms with Crippen LogP contribution in [0.5, 0.6) is 11.5 Å². The second-order valence-electron chi connectivity index (χ2n) is 4.29. The van der Waals surface area contributed by atoms with Crippen molar-refractivity contribution in [2.75, 3.05) is 32.3 Å². The van der Waals surface area contributed by atoms with Gasteiger partial charge in [-0.15, -0.1) is 0 Å². The van der Waals surface area contributed by atoms with Crippen molar-refractivity contribution in [1.29, 1.82) is 0 Å². The number of benzene rings is 1. The van der Waals surface area contributed by atoms with Gasteiger partial charge in [0.25, 0.3) is 0 Å². The van der Waals surface area contributed by atoms with E-state index in [0.29, 0.717) is 6.04 Å². The molecule has 0 heterocycles. The van der Waals surface area contributed by atoms with Crippen LogP contribution in [0.2, 0.25) is 0 Å². The van der Waals surface area contributed by atoms with Crippen molar-refractivity contribution in [3.8, 4) is 11.5 Å². The summed E-state index contributed by atoms with van der Waals surface area (Å²) in [5.41, 5.74) is 1.20. The minimum atomic E-state index is 0.322. The van der Waals surface area contributed by atoms with E-state index < -0.39 is 0 Å². The number of hydrogen-bond donors (Lipinski definition) is 1. The topological polar surface area (TPSA) is 30.5 Å². The van der Waals surface area contributed by atoms with E-state index in [1.54, 1.807) is 14.2 Å². The quantitative estimate of drug-likeness (QED) is 0.703. The molecule has 0 saturated heterocycles. The van der Waals surface area contributed by atoms with Crippen LogP contribution in [-0.4, -0.2) is 32.3 Å². The Balaban J connectivity index is 2.87. The lowest BCUT2D eigenvalue weighted by Gasteiger charge is -2.21. The maximum Gasteiger partial charge on any atom is 0.127 e. The third kappa shape index (κ3) is 4.96. The highest BCUT2D eigenvalue weighted by atomic mass is 32.2. The summed E-state index contributed by atoms with van der Waals surface area (Å²) < 4.78 is 10.7. The molecular weight excluding hydrogens is 258 g/mol. The summed E-state index contributed by atoms with van der Waals surface area (Å²) in [5, 5.41) is 3.53. The van der Waals surface area contributed by atoms with E-state index in [9.17, 15) is 0 Å².